The van der Waals surface area contributed by atoms with Gasteiger partial charge in [-0.1, -0.05) is 30.3 Å². The lowest BCUT2D eigenvalue weighted by atomic mass is 10.2. The molecule has 0 radical (unpaired) electrons. The molecular formula is C12H14N6O2. The lowest BCUT2D eigenvalue weighted by molar-refractivity contribution is -0.118. The highest BCUT2D eigenvalue weighted by molar-refractivity contribution is 5.90. The van der Waals surface area contributed by atoms with Crippen LogP contribution < -0.4 is 5.73 Å². The number of carbonyl (C=O) groups excluding carboxylic acids is 2. The zero-order valence-corrected chi connectivity index (χ0v) is 10.7. The van der Waals surface area contributed by atoms with Gasteiger partial charge in [-0.3, -0.25) is 9.59 Å². The third-order valence-electron chi connectivity index (χ3n) is 2.67. The van der Waals surface area contributed by atoms with Gasteiger partial charge in [-0.05, 0) is 10.8 Å². The van der Waals surface area contributed by atoms with Crippen LogP contribution in [-0.4, -0.2) is 43.9 Å². The van der Waals surface area contributed by atoms with Gasteiger partial charge in [0.05, 0.1) is 0 Å². The molecule has 2 rings (SSSR count). The average Bonchev–Trinajstić information content (AvgIpc) is 2.97. The van der Waals surface area contributed by atoms with Crippen LogP contribution >= 0.6 is 0 Å². The molecule has 0 bridgehead atoms. The van der Waals surface area contributed by atoms with Crippen molar-refractivity contribution in [2.24, 2.45) is 5.73 Å². The van der Waals surface area contributed by atoms with Crippen molar-refractivity contribution in [2.45, 2.75) is 13.0 Å². The summed E-state index contributed by atoms with van der Waals surface area (Å²) >= 11 is 0. The Labute approximate surface area is 115 Å². The van der Waals surface area contributed by atoms with E-state index in [0.717, 1.165) is 5.56 Å². The summed E-state index contributed by atoms with van der Waals surface area (Å²) in [6, 6.07) is 9.42. The third kappa shape index (κ3) is 3.61. The molecule has 1 aromatic carbocycles. The molecule has 0 fully saturated rings. The zero-order chi connectivity index (χ0) is 14.4. The van der Waals surface area contributed by atoms with Crippen LogP contribution in [0.25, 0.3) is 0 Å². The highest BCUT2D eigenvalue weighted by atomic mass is 16.2. The molecule has 8 heteroatoms. The Bertz CT molecular complexity index is 569. The minimum atomic E-state index is -0.469. The second kappa shape index (κ2) is 6.41. The van der Waals surface area contributed by atoms with E-state index in [1.54, 1.807) is 0 Å². The maximum Gasteiger partial charge on any atom is 0.295 e. The molecule has 1 aromatic heterocycles. The normalized spacial score (nSPS) is 10.2. The number of hydrogen-bond donors (Lipinski definition) is 2. The molecule has 0 unspecified atom stereocenters. The maximum absolute atomic E-state index is 12.2. The molecule has 104 valence electrons. The summed E-state index contributed by atoms with van der Waals surface area (Å²) in [7, 11) is 0. The highest BCUT2D eigenvalue weighted by Gasteiger charge is 2.20. The molecule has 3 N–H and O–H groups in total. The number of primary amides is 1. The number of carbonyl (C=O) groups is 2. The van der Waals surface area contributed by atoms with Crippen LogP contribution in [0.1, 0.15) is 22.6 Å². The first kappa shape index (κ1) is 13.7. The van der Waals surface area contributed by atoms with Gasteiger partial charge < -0.3 is 10.6 Å². The van der Waals surface area contributed by atoms with Crippen LogP contribution in [0.4, 0.5) is 0 Å². The third-order valence-corrected chi connectivity index (χ3v) is 2.67. The van der Waals surface area contributed by atoms with Crippen molar-refractivity contribution in [3.8, 4) is 0 Å². The summed E-state index contributed by atoms with van der Waals surface area (Å²) in [6.45, 7) is 0.555. The van der Waals surface area contributed by atoms with Gasteiger partial charge in [0, 0.05) is 19.5 Å². The van der Waals surface area contributed by atoms with Gasteiger partial charge in [0.15, 0.2) is 0 Å². The zero-order valence-electron chi connectivity index (χ0n) is 10.7. The fraction of sp³-hybridized carbons (Fsp3) is 0.250. The van der Waals surface area contributed by atoms with E-state index in [4.69, 9.17) is 5.73 Å². The van der Waals surface area contributed by atoms with E-state index in [0.29, 0.717) is 6.54 Å². The largest absolute Gasteiger partial charge is 0.370 e. The van der Waals surface area contributed by atoms with E-state index in [1.807, 2.05) is 30.3 Å². The lowest BCUT2D eigenvalue weighted by Crippen LogP contribution is -2.34. The summed E-state index contributed by atoms with van der Waals surface area (Å²) in [6.07, 6.45) is 0.0798. The van der Waals surface area contributed by atoms with Crippen LogP contribution in [-0.2, 0) is 11.3 Å². The monoisotopic (exact) mass is 274 g/mol. The molecule has 1 heterocycles. The number of nitrogens with one attached hydrogen (secondary N) is 1. The molecule has 0 aliphatic rings. The number of nitrogens with two attached hydrogens (primary N) is 1. The topological polar surface area (TPSA) is 118 Å². The highest BCUT2D eigenvalue weighted by Crippen LogP contribution is 2.07. The van der Waals surface area contributed by atoms with Gasteiger partial charge in [0.1, 0.15) is 0 Å². The standard InChI is InChI=1S/C12H14N6O2/c13-10(19)6-7-18(8-9-4-2-1-3-5-9)12(20)11-14-16-17-15-11/h1-5H,6-8H2,(H2,13,19)(H,14,15,16,17). The van der Waals surface area contributed by atoms with Crippen molar-refractivity contribution in [1.29, 1.82) is 0 Å². The van der Waals surface area contributed by atoms with Gasteiger partial charge in [-0.2, -0.15) is 5.21 Å². The Morgan fingerprint density at radius 2 is 2.00 bits per heavy atom. The van der Waals surface area contributed by atoms with E-state index in [2.05, 4.69) is 20.6 Å². The number of tetrazole rings is 1. The summed E-state index contributed by atoms with van der Waals surface area (Å²) in [5.74, 6) is -0.904. The smallest absolute Gasteiger partial charge is 0.295 e. The van der Waals surface area contributed by atoms with Gasteiger partial charge in [-0.15, -0.1) is 10.2 Å². The number of nitrogens with zero attached hydrogens (tertiary/aromatic N) is 4. The van der Waals surface area contributed by atoms with Crippen molar-refractivity contribution in [1.82, 2.24) is 25.5 Å². The Morgan fingerprint density at radius 3 is 2.60 bits per heavy atom. The van der Waals surface area contributed by atoms with E-state index in [-0.39, 0.29) is 18.8 Å². The number of rotatable bonds is 6. The number of H-pyrrole nitrogens is 1. The molecule has 0 saturated carbocycles. The summed E-state index contributed by atoms with van der Waals surface area (Å²) < 4.78 is 0. The maximum atomic E-state index is 12.2. The average molecular weight is 274 g/mol. The van der Waals surface area contributed by atoms with Crippen LogP contribution in [0.5, 0.6) is 0 Å². The Morgan fingerprint density at radius 1 is 1.25 bits per heavy atom. The Kier molecular flexibility index (Phi) is 4.38. The number of hydrogen-bond acceptors (Lipinski definition) is 5. The molecule has 0 aliphatic heterocycles. The van der Waals surface area contributed by atoms with Gasteiger partial charge in [-0.25, -0.2) is 0 Å². The second-order valence-electron chi connectivity index (χ2n) is 4.16. The first-order valence-electron chi connectivity index (χ1n) is 6.02. The first-order valence-corrected chi connectivity index (χ1v) is 6.02. The van der Waals surface area contributed by atoms with Crippen molar-refractivity contribution >= 4 is 11.8 Å². The molecular weight excluding hydrogens is 260 g/mol. The molecule has 0 atom stereocenters. The second-order valence-corrected chi connectivity index (χ2v) is 4.16. The summed E-state index contributed by atoms with van der Waals surface area (Å²) in [5.41, 5.74) is 6.07. The Hall–Kier alpha value is -2.77. The molecule has 0 spiro atoms. The quantitative estimate of drug-likeness (QED) is 0.751. The number of aromatic amines is 1. The van der Waals surface area contributed by atoms with E-state index in [9.17, 15) is 9.59 Å². The molecule has 0 saturated heterocycles. The first-order chi connectivity index (χ1) is 9.66. The number of aromatic nitrogens is 4. The van der Waals surface area contributed by atoms with E-state index in [1.165, 1.54) is 4.90 Å². The fourth-order valence-corrected chi connectivity index (χ4v) is 1.70. The summed E-state index contributed by atoms with van der Waals surface area (Å²) in [5, 5.41) is 12.9. The predicted octanol–water partition coefficient (Wildman–Crippen LogP) is -0.283. The minimum Gasteiger partial charge on any atom is -0.370 e. The van der Waals surface area contributed by atoms with Crippen LogP contribution in [0.2, 0.25) is 0 Å². The van der Waals surface area contributed by atoms with Gasteiger partial charge in [0.2, 0.25) is 5.91 Å². The molecule has 8 nitrogen and oxygen atoms in total. The molecule has 0 aliphatic carbocycles. The van der Waals surface area contributed by atoms with Gasteiger partial charge in [0.25, 0.3) is 11.7 Å². The van der Waals surface area contributed by atoms with E-state index < -0.39 is 11.8 Å². The number of benzene rings is 1. The fourth-order valence-electron chi connectivity index (χ4n) is 1.70. The SMILES string of the molecule is NC(=O)CCN(Cc1ccccc1)C(=O)c1nn[nH]n1. The minimum absolute atomic E-state index is 0.0367. The van der Waals surface area contributed by atoms with Gasteiger partial charge >= 0.3 is 0 Å². The molecule has 20 heavy (non-hydrogen) atoms. The van der Waals surface area contributed by atoms with Crippen LogP contribution in [0, 0.1) is 0 Å². The van der Waals surface area contributed by atoms with Crippen molar-refractivity contribution in [3.63, 3.8) is 0 Å². The predicted molar refractivity (Wildman–Crippen MR) is 69.2 cm³/mol. The van der Waals surface area contributed by atoms with E-state index >= 15 is 0 Å². The summed E-state index contributed by atoms with van der Waals surface area (Å²) in [4.78, 5) is 24.6. The lowest BCUT2D eigenvalue weighted by Gasteiger charge is -2.20. The van der Waals surface area contributed by atoms with Crippen molar-refractivity contribution in [2.75, 3.05) is 6.54 Å². The number of amides is 2. The Balaban J connectivity index is 2.12. The van der Waals surface area contributed by atoms with Crippen LogP contribution in [0.15, 0.2) is 30.3 Å². The van der Waals surface area contributed by atoms with Crippen LogP contribution in [0.3, 0.4) is 0 Å². The van der Waals surface area contributed by atoms with Crippen molar-refractivity contribution in [3.05, 3.63) is 41.7 Å². The molecule has 2 amide bonds. The van der Waals surface area contributed by atoms with Crippen molar-refractivity contribution < 1.29 is 9.59 Å². The molecule has 2 aromatic rings.